The van der Waals surface area contributed by atoms with Crippen LogP contribution in [0.15, 0.2) is 53.0 Å². The molecule has 3 N–H and O–H groups in total. The number of alkyl halides is 3. The van der Waals surface area contributed by atoms with E-state index in [1.165, 1.54) is 24.3 Å². The number of rotatable bonds is 7. The molecule has 0 radical (unpaired) electrons. The molecule has 2 aromatic rings. The van der Waals surface area contributed by atoms with Crippen LogP contribution in [0.5, 0.6) is 5.75 Å². The maximum Gasteiger partial charge on any atom is 0.573 e. The van der Waals surface area contributed by atoms with Gasteiger partial charge >= 0.3 is 6.36 Å². The number of nitrogens with zero attached hydrogens (tertiary/aromatic N) is 1. The fourth-order valence-corrected chi connectivity index (χ4v) is 4.82. The Morgan fingerprint density at radius 3 is 2.17 bits per heavy atom. The summed E-state index contributed by atoms with van der Waals surface area (Å²) < 4.78 is 42.4. The molecule has 1 aliphatic heterocycles. The van der Waals surface area contributed by atoms with Crippen LogP contribution in [0.4, 0.5) is 13.2 Å². The molecule has 1 saturated heterocycles. The van der Waals surface area contributed by atoms with Gasteiger partial charge in [-0.15, -0.1) is 13.2 Å². The van der Waals surface area contributed by atoms with Gasteiger partial charge in [0.15, 0.2) is 0 Å². The van der Waals surface area contributed by atoms with Crippen molar-refractivity contribution >= 4 is 27.7 Å². The van der Waals surface area contributed by atoms with Gasteiger partial charge in [0, 0.05) is 29.5 Å². The maximum absolute atomic E-state index is 13.5. The first-order valence-corrected chi connectivity index (χ1v) is 12.7. The molecule has 2 amide bonds. The maximum atomic E-state index is 13.5. The van der Waals surface area contributed by atoms with Crippen LogP contribution in [0.3, 0.4) is 0 Å². The molecular weight excluding hydrogens is 539 g/mol. The highest BCUT2D eigenvalue weighted by Gasteiger charge is 2.52. The number of ether oxygens (including phenoxy) is 1. The Bertz CT molecular complexity index is 1090. The molecule has 2 aromatic carbocycles. The molecule has 194 valence electrons. The summed E-state index contributed by atoms with van der Waals surface area (Å²) in [4.78, 5) is 28.7. The minimum absolute atomic E-state index is 0.161. The summed E-state index contributed by atoms with van der Waals surface area (Å²) in [6.07, 6.45) is -2.02. The van der Waals surface area contributed by atoms with Gasteiger partial charge < -0.3 is 20.7 Å². The number of amides is 2. The van der Waals surface area contributed by atoms with Crippen LogP contribution < -0.4 is 15.8 Å². The molecule has 0 spiro atoms. The topological polar surface area (TPSA) is 84.7 Å². The zero-order chi connectivity index (χ0) is 26.1. The van der Waals surface area contributed by atoms with Gasteiger partial charge in [-0.3, -0.25) is 9.59 Å². The lowest BCUT2D eigenvalue weighted by atomic mass is 9.90. The third-order valence-corrected chi connectivity index (χ3v) is 7.53. The van der Waals surface area contributed by atoms with E-state index in [1.807, 2.05) is 31.2 Å². The Hall–Kier alpha value is -2.59. The number of piperidine rings is 1. The number of hydrogen-bond acceptors (Lipinski definition) is 4. The Balaban J connectivity index is 1.51. The Labute approximate surface area is 216 Å². The molecule has 1 aliphatic carbocycles. The Kier molecular flexibility index (Phi) is 7.39. The lowest BCUT2D eigenvalue weighted by Gasteiger charge is -2.38. The number of hydrogen-bond donors (Lipinski definition) is 2. The van der Waals surface area contributed by atoms with Crippen molar-refractivity contribution in [3.05, 3.63) is 64.1 Å². The summed E-state index contributed by atoms with van der Waals surface area (Å²) in [7, 11) is 0. The van der Waals surface area contributed by atoms with Gasteiger partial charge in [0.25, 0.3) is 0 Å². The molecular formula is C26H29BrF3N3O3. The minimum atomic E-state index is -4.79. The summed E-state index contributed by atoms with van der Waals surface area (Å²) in [5.74, 6) is -0.808. The van der Waals surface area contributed by atoms with E-state index in [0.29, 0.717) is 50.8 Å². The van der Waals surface area contributed by atoms with Crippen LogP contribution in [0.2, 0.25) is 0 Å². The number of carbonyl (C=O) groups excluding carboxylic acids is 2. The monoisotopic (exact) mass is 567 g/mol. The molecule has 10 heteroatoms. The lowest BCUT2D eigenvalue weighted by Crippen LogP contribution is -2.56. The van der Waals surface area contributed by atoms with Crippen molar-refractivity contribution in [2.24, 2.45) is 5.73 Å². The third kappa shape index (κ3) is 6.39. The van der Waals surface area contributed by atoms with Crippen LogP contribution in [0, 0.1) is 0 Å². The molecule has 4 rings (SSSR count). The Morgan fingerprint density at radius 1 is 1.06 bits per heavy atom. The minimum Gasteiger partial charge on any atom is -0.406 e. The van der Waals surface area contributed by atoms with Gasteiger partial charge in [0.2, 0.25) is 11.8 Å². The van der Waals surface area contributed by atoms with E-state index in [2.05, 4.69) is 26.0 Å². The van der Waals surface area contributed by atoms with Gasteiger partial charge in [0.1, 0.15) is 11.8 Å². The average molecular weight is 568 g/mol. The summed E-state index contributed by atoms with van der Waals surface area (Å²) in [5, 5.41) is 2.97. The fraction of sp³-hybridized carbons (Fsp3) is 0.462. The van der Waals surface area contributed by atoms with Crippen molar-refractivity contribution in [3.63, 3.8) is 0 Å². The number of carbonyl (C=O) groups is 2. The largest absolute Gasteiger partial charge is 0.573 e. The summed E-state index contributed by atoms with van der Waals surface area (Å²) >= 11 is 3.41. The van der Waals surface area contributed by atoms with E-state index < -0.39 is 17.8 Å². The molecule has 6 nitrogen and oxygen atoms in total. The highest BCUT2D eigenvalue weighted by atomic mass is 79.9. The van der Waals surface area contributed by atoms with Gasteiger partial charge in [-0.1, -0.05) is 40.2 Å². The smallest absolute Gasteiger partial charge is 0.406 e. The van der Waals surface area contributed by atoms with E-state index >= 15 is 0 Å². The molecule has 0 aromatic heterocycles. The first-order chi connectivity index (χ1) is 16.9. The lowest BCUT2D eigenvalue weighted by molar-refractivity contribution is -0.274. The highest BCUT2D eigenvalue weighted by Crippen LogP contribution is 2.49. The van der Waals surface area contributed by atoms with Gasteiger partial charge in [-0.05, 0) is 68.0 Å². The van der Waals surface area contributed by atoms with Gasteiger partial charge in [0.05, 0.1) is 5.41 Å². The zero-order valence-corrected chi connectivity index (χ0v) is 21.5. The van der Waals surface area contributed by atoms with Crippen LogP contribution in [-0.4, -0.2) is 47.7 Å². The second-order valence-corrected chi connectivity index (χ2v) is 10.9. The average Bonchev–Trinajstić information content (AvgIpc) is 3.61. The second kappa shape index (κ2) is 10.0. The molecule has 36 heavy (non-hydrogen) atoms. The van der Waals surface area contributed by atoms with Gasteiger partial charge in [-0.2, -0.15) is 0 Å². The quantitative estimate of drug-likeness (QED) is 0.517. The highest BCUT2D eigenvalue weighted by molar-refractivity contribution is 9.10. The van der Waals surface area contributed by atoms with Crippen LogP contribution in [0.25, 0.3) is 0 Å². The molecule has 1 saturated carbocycles. The number of nitrogens with one attached hydrogen (secondary N) is 1. The standard InChI is InChI=1S/C26H29BrF3N3O3/c1-24(31)12-14-33(15-13-24)22(34)21(16-17-2-6-19(27)7-3-17)32-23(35)25(10-11-25)18-4-8-20(9-5-18)36-26(28,29)30/h2-9,21H,10-16,31H2,1H3,(H,32,35)/t21-/m0/s1. The normalized spacial score (nSPS) is 19.3. The fourth-order valence-electron chi connectivity index (χ4n) is 4.56. The molecule has 1 heterocycles. The van der Waals surface area contributed by atoms with E-state index in [0.717, 1.165) is 10.0 Å². The number of benzene rings is 2. The second-order valence-electron chi connectivity index (χ2n) is 9.99. The molecule has 2 fully saturated rings. The van der Waals surface area contributed by atoms with Crippen molar-refractivity contribution in [1.82, 2.24) is 10.2 Å². The van der Waals surface area contributed by atoms with E-state index in [9.17, 15) is 22.8 Å². The van der Waals surface area contributed by atoms with Crippen molar-refractivity contribution in [3.8, 4) is 5.75 Å². The summed E-state index contributed by atoms with van der Waals surface area (Å²) in [6.45, 7) is 3.01. The summed E-state index contributed by atoms with van der Waals surface area (Å²) in [5.41, 5.74) is 6.54. The molecule has 2 aliphatic rings. The number of likely N-dealkylation sites (tertiary alicyclic amines) is 1. The van der Waals surface area contributed by atoms with Crippen LogP contribution in [-0.2, 0) is 21.4 Å². The zero-order valence-electron chi connectivity index (χ0n) is 19.9. The number of nitrogens with two attached hydrogens (primary N) is 1. The predicted octanol–water partition coefficient (Wildman–Crippen LogP) is 4.45. The molecule has 0 bridgehead atoms. The van der Waals surface area contributed by atoms with E-state index in [4.69, 9.17) is 5.73 Å². The van der Waals surface area contributed by atoms with Crippen LogP contribution in [0.1, 0.15) is 43.7 Å². The molecule has 1 atom stereocenters. The van der Waals surface area contributed by atoms with Crippen molar-refractivity contribution in [1.29, 1.82) is 0 Å². The predicted molar refractivity (Wildman–Crippen MR) is 132 cm³/mol. The number of halogens is 4. The van der Waals surface area contributed by atoms with Crippen molar-refractivity contribution in [2.75, 3.05) is 13.1 Å². The summed E-state index contributed by atoms with van der Waals surface area (Å²) in [6, 6.07) is 12.2. The van der Waals surface area contributed by atoms with Gasteiger partial charge in [-0.25, -0.2) is 0 Å². The first-order valence-electron chi connectivity index (χ1n) is 11.9. The first kappa shape index (κ1) is 26.5. The van der Waals surface area contributed by atoms with E-state index in [1.54, 1.807) is 4.90 Å². The third-order valence-electron chi connectivity index (χ3n) is 7.00. The van der Waals surface area contributed by atoms with Crippen molar-refractivity contribution in [2.45, 2.75) is 62.4 Å². The van der Waals surface area contributed by atoms with Crippen LogP contribution >= 0.6 is 15.9 Å². The van der Waals surface area contributed by atoms with Crippen molar-refractivity contribution < 1.29 is 27.5 Å². The van der Waals surface area contributed by atoms with E-state index in [-0.39, 0.29) is 23.1 Å². The SMILES string of the molecule is CC1(N)CCN(C(=O)[C@H](Cc2ccc(Br)cc2)NC(=O)C2(c3ccc(OC(F)(F)F)cc3)CC2)CC1. The molecule has 0 unspecified atom stereocenters. The Morgan fingerprint density at radius 2 is 1.64 bits per heavy atom.